The molecule has 0 spiro atoms. The Morgan fingerprint density at radius 2 is 1.87 bits per heavy atom. The van der Waals surface area contributed by atoms with Crippen molar-refractivity contribution in [2.24, 2.45) is 0 Å². The van der Waals surface area contributed by atoms with E-state index in [9.17, 15) is 4.79 Å². The van der Waals surface area contributed by atoms with Crippen LogP contribution in [0.3, 0.4) is 0 Å². The molecule has 4 rings (SSSR count). The van der Waals surface area contributed by atoms with Gasteiger partial charge in [0.2, 0.25) is 5.91 Å². The number of aromatic nitrogens is 2. The van der Waals surface area contributed by atoms with E-state index in [1.165, 1.54) is 0 Å². The number of piperidine rings is 1. The zero-order chi connectivity index (χ0) is 21.6. The number of likely N-dealkylation sites (tertiary alicyclic amines) is 1. The first-order valence-corrected chi connectivity index (χ1v) is 10.8. The molecule has 1 aliphatic rings. The average molecular weight is 413 g/mol. The Bertz CT molecular complexity index is 1080. The molecule has 1 amide bonds. The molecule has 5 nitrogen and oxygen atoms in total. The van der Waals surface area contributed by atoms with E-state index in [2.05, 4.69) is 16.4 Å². The molecule has 0 unspecified atom stereocenters. The summed E-state index contributed by atoms with van der Waals surface area (Å²) >= 11 is 0. The summed E-state index contributed by atoms with van der Waals surface area (Å²) in [6.07, 6.45) is 5.57. The molecule has 0 saturated carbocycles. The Labute approximate surface area is 183 Å². The smallest absolute Gasteiger partial charge is 0.246 e. The zero-order valence-electron chi connectivity index (χ0n) is 18.1. The van der Waals surface area contributed by atoms with E-state index >= 15 is 0 Å². The molecule has 5 heteroatoms. The number of nitrogens with zero attached hydrogens (tertiary/aromatic N) is 3. The lowest BCUT2D eigenvalue weighted by Gasteiger charge is -2.32. The van der Waals surface area contributed by atoms with E-state index in [-0.39, 0.29) is 11.8 Å². The van der Waals surface area contributed by atoms with Crippen molar-refractivity contribution in [1.29, 1.82) is 0 Å². The lowest BCUT2D eigenvalue weighted by atomic mass is 9.93. The maximum atomic E-state index is 12.8. The number of hydrogen-bond acceptors (Lipinski definition) is 4. The SMILES string of the molecule is Cc1cccc(Nc2cc(C)nc([C@@H]3CCCN(C(=O)/C=C/c4ccccc4)C3)c2)n1. The number of hydrogen-bond donors (Lipinski definition) is 1. The van der Waals surface area contributed by atoms with E-state index in [1.807, 2.05) is 79.4 Å². The van der Waals surface area contributed by atoms with Gasteiger partial charge in [0.05, 0.1) is 0 Å². The number of pyridine rings is 2. The Balaban J connectivity index is 1.47. The Kier molecular flexibility index (Phi) is 6.41. The fraction of sp³-hybridized carbons (Fsp3) is 0.269. The fourth-order valence-electron chi connectivity index (χ4n) is 3.99. The molecular formula is C26H28N4O. The predicted molar refractivity (Wildman–Crippen MR) is 125 cm³/mol. The summed E-state index contributed by atoms with van der Waals surface area (Å²) in [5.74, 6) is 1.11. The van der Waals surface area contributed by atoms with E-state index in [1.54, 1.807) is 6.08 Å². The second-order valence-electron chi connectivity index (χ2n) is 8.08. The highest BCUT2D eigenvalue weighted by atomic mass is 16.2. The molecule has 0 aliphatic carbocycles. The minimum absolute atomic E-state index is 0.0588. The van der Waals surface area contributed by atoms with Gasteiger partial charge in [0, 0.05) is 47.9 Å². The van der Waals surface area contributed by atoms with Crippen LogP contribution in [0.1, 0.15) is 41.4 Å². The van der Waals surface area contributed by atoms with Crippen LogP contribution >= 0.6 is 0 Å². The van der Waals surface area contributed by atoms with Crippen LogP contribution in [0.25, 0.3) is 6.08 Å². The number of amides is 1. The molecule has 1 aliphatic heterocycles. The number of rotatable bonds is 5. The van der Waals surface area contributed by atoms with Crippen molar-refractivity contribution >= 4 is 23.5 Å². The number of carbonyl (C=O) groups is 1. The topological polar surface area (TPSA) is 58.1 Å². The molecule has 1 atom stereocenters. The summed E-state index contributed by atoms with van der Waals surface area (Å²) in [6, 6.07) is 20.0. The van der Waals surface area contributed by atoms with Gasteiger partial charge in [-0.1, -0.05) is 36.4 Å². The summed E-state index contributed by atoms with van der Waals surface area (Å²) in [6.45, 7) is 5.47. The number of aryl methyl sites for hydroxylation is 2. The van der Waals surface area contributed by atoms with Crippen LogP contribution in [-0.2, 0) is 4.79 Å². The molecule has 0 radical (unpaired) electrons. The van der Waals surface area contributed by atoms with E-state index in [0.29, 0.717) is 6.54 Å². The minimum Gasteiger partial charge on any atom is -0.340 e. The van der Waals surface area contributed by atoms with Gasteiger partial charge in [-0.25, -0.2) is 4.98 Å². The van der Waals surface area contributed by atoms with E-state index < -0.39 is 0 Å². The maximum Gasteiger partial charge on any atom is 0.246 e. The first-order valence-electron chi connectivity index (χ1n) is 10.8. The van der Waals surface area contributed by atoms with Gasteiger partial charge >= 0.3 is 0 Å². The van der Waals surface area contributed by atoms with Crippen molar-refractivity contribution in [2.75, 3.05) is 18.4 Å². The molecular weight excluding hydrogens is 384 g/mol. The van der Waals surface area contributed by atoms with Gasteiger partial charge in [-0.15, -0.1) is 0 Å². The minimum atomic E-state index is 0.0588. The van der Waals surface area contributed by atoms with Crippen molar-refractivity contribution in [3.63, 3.8) is 0 Å². The normalized spacial score (nSPS) is 16.5. The molecule has 2 aromatic heterocycles. The summed E-state index contributed by atoms with van der Waals surface area (Å²) < 4.78 is 0. The van der Waals surface area contributed by atoms with Gasteiger partial charge in [0.25, 0.3) is 0 Å². The van der Waals surface area contributed by atoms with Gasteiger partial charge in [-0.2, -0.15) is 0 Å². The summed E-state index contributed by atoms with van der Waals surface area (Å²) in [5.41, 5.74) is 4.97. The van der Waals surface area contributed by atoms with Crippen molar-refractivity contribution in [2.45, 2.75) is 32.6 Å². The van der Waals surface area contributed by atoms with Crippen LogP contribution in [0.5, 0.6) is 0 Å². The molecule has 1 fully saturated rings. The lowest BCUT2D eigenvalue weighted by molar-refractivity contribution is -0.127. The number of anilines is 2. The summed E-state index contributed by atoms with van der Waals surface area (Å²) in [4.78, 5) is 24.0. The largest absolute Gasteiger partial charge is 0.340 e. The van der Waals surface area contributed by atoms with Crippen molar-refractivity contribution in [3.05, 3.63) is 89.4 Å². The van der Waals surface area contributed by atoms with Crippen LogP contribution in [-0.4, -0.2) is 33.9 Å². The van der Waals surface area contributed by atoms with Crippen LogP contribution < -0.4 is 5.32 Å². The fourth-order valence-corrected chi connectivity index (χ4v) is 3.99. The highest BCUT2D eigenvalue weighted by Gasteiger charge is 2.25. The standard InChI is InChI=1S/C26H28N4O/c1-19-8-6-12-25(28-19)29-23-16-20(2)27-24(17-23)22-11-7-15-30(18-22)26(31)14-13-21-9-4-3-5-10-21/h3-6,8-10,12-14,16-17,22H,7,11,15,18H2,1-2H3,(H,27,28,29)/b14-13+/t22-/m1/s1. The Hall–Kier alpha value is -3.47. The van der Waals surface area contributed by atoms with Gasteiger partial charge in [0.1, 0.15) is 5.82 Å². The molecule has 3 heterocycles. The molecule has 1 aromatic carbocycles. The first kappa shape index (κ1) is 20.8. The van der Waals surface area contributed by atoms with Crippen molar-refractivity contribution < 1.29 is 4.79 Å². The van der Waals surface area contributed by atoms with E-state index in [0.717, 1.165) is 53.5 Å². The Morgan fingerprint density at radius 1 is 1.03 bits per heavy atom. The van der Waals surface area contributed by atoms with Gasteiger partial charge in [-0.3, -0.25) is 9.78 Å². The third kappa shape index (κ3) is 5.57. The highest BCUT2D eigenvalue weighted by molar-refractivity contribution is 5.91. The molecule has 158 valence electrons. The second-order valence-corrected chi connectivity index (χ2v) is 8.08. The zero-order valence-corrected chi connectivity index (χ0v) is 18.1. The van der Waals surface area contributed by atoms with Gasteiger partial charge < -0.3 is 10.2 Å². The van der Waals surface area contributed by atoms with Crippen molar-refractivity contribution in [1.82, 2.24) is 14.9 Å². The average Bonchev–Trinajstić information content (AvgIpc) is 2.78. The highest BCUT2D eigenvalue weighted by Crippen LogP contribution is 2.29. The number of nitrogens with one attached hydrogen (secondary N) is 1. The molecule has 3 aromatic rings. The second kappa shape index (κ2) is 9.56. The number of benzene rings is 1. The third-order valence-corrected chi connectivity index (χ3v) is 5.50. The molecule has 1 saturated heterocycles. The van der Waals surface area contributed by atoms with Crippen LogP contribution in [0.2, 0.25) is 0 Å². The summed E-state index contributed by atoms with van der Waals surface area (Å²) in [5, 5.41) is 3.39. The molecule has 1 N–H and O–H groups in total. The quantitative estimate of drug-likeness (QED) is 0.581. The lowest BCUT2D eigenvalue weighted by Crippen LogP contribution is -2.38. The van der Waals surface area contributed by atoms with Crippen LogP contribution in [0.4, 0.5) is 11.5 Å². The summed E-state index contributed by atoms with van der Waals surface area (Å²) in [7, 11) is 0. The Morgan fingerprint density at radius 3 is 2.68 bits per heavy atom. The van der Waals surface area contributed by atoms with Gasteiger partial charge in [0.15, 0.2) is 0 Å². The van der Waals surface area contributed by atoms with Crippen LogP contribution in [0.15, 0.2) is 66.7 Å². The molecule has 0 bridgehead atoms. The van der Waals surface area contributed by atoms with Crippen LogP contribution in [0, 0.1) is 13.8 Å². The van der Waals surface area contributed by atoms with E-state index in [4.69, 9.17) is 4.98 Å². The predicted octanol–water partition coefficient (Wildman–Crippen LogP) is 5.26. The molecule has 31 heavy (non-hydrogen) atoms. The monoisotopic (exact) mass is 412 g/mol. The number of carbonyl (C=O) groups excluding carboxylic acids is 1. The first-order chi connectivity index (χ1) is 15.1. The van der Waals surface area contributed by atoms with Gasteiger partial charge in [-0.05, 0) is 62.6 Å². The third-order valence-electron chi connectivity index (χ3n) is 5.50. The maximum absolute atomic E-state index is 12.8. The van der Waals surface area contributed by atoms with Crippen molar-refractivity contribution in [3.8, 4) is 0 Å².